The van der Waals surface area contributed by atoms with Crippen LogP contribution in [0.4, 0.5) is 5.13 Å². The van der Waals surface area contributed by atoms with Crippen molar-refractivity contribution in [3.05, 3.63) is 38.8 Å². The number of amides is 1. The lowest BCUT2D eigenvalue weighted by Crippen LogP contribution is -2.11. The molecule has 0 aliphatic carbocycles. The fourth-order valence-electron chi connectivity index (χ4n) is 1.53. The summed E-state index contributed by atoms with van der Waals surface area (Å²) in [5.41, 5.74) is 1.09. The van der Waals surface area contributed by atoms with Gasteiger partial charge in [0.15, 0.2) is 10.8 Å². The Balaban J connectivity index is 1.76. The van der Waals surface area contributed by atoms with E-state index in [1.807, 2.05) is 17.5 Å². The standard InChI is InChI=1S/C12H8BrN3O2S2/c1-6-4-7(16-18-6)11(17)15-12-14-8(5-19-12)9-2-3-10(13)20-9/h2-5H,1H3,(H,14,15,17). The predicted molar refractivity (Wildman–Crippen MR) is 82.3 cm³/mol. The zero-order valence-electron chi connectivity index (χ0n) is 10.2. The number of hydrogen-bond donors (Lipinski definition) is 1. The zero-order chi connectivity index (χ0) is 14.1. The summed E-state index contributed by atoms with van der Waals surface area (Å²) >= 11 is 6.38. The summed E-state index contributed by atoms with van der Waals surface area (Å²) in [7, 11) is 0. The van der Waals surface area contributed by atoms with Crippen LogP contribution in [0.3, 0.4) is 0 Å². The molecule has 0 saturated heterocycles. The van der Waals surface area contributed by atoms with E-state index in [2.05, 4.69) is 31.4 Å². The Bertz CT molecular complexity index is 762. The Morgan fingerprint density at radius 3 is 2.95 bits per heavy atom. The molecule has 1 N–H and O–H groups in total. The van der Waals surface area contributed by atoms with E-state index in [-0.39, 0.29) is 11.6 Å². The fourth-order valence-corrected chi connectivity index (χ4v) is 3.66. The van der Waals surface area contributed by atoms with Crippen LogP contribution in [0.15, 0.2) is 31.9 Å². The molecule has 5 nitrogen and oxygen atoms in total. The molecule has 0 unspecified atom stereocenters. The molecule has 0 aliphatic heterocycles. The minimum atomic E-state index is -0.324. The van der Waals surface area contributed by atoms with Gasteiger partial charge >= 0.3 is 0 Å². The van der Waals surface area contributed by atoms with Crippen LogP contribution < -0.4 is 5.32 Å². The van der Waals surface area contributed by atoms with Crippen LogP contribution in [-0.4, -0.2) is 16.0 Å². The number of nitrogens with zero attached hydrogens (tertiary/aromatic N) is 2. The molecule has 102 valence electrons. The highest BCUT2D eigenvalue weighted by molar-refractivity contribution is 9.11. The molecule has 0 fully saturated rings. The first-order valence-electron chi connectivity index (χ1n) is 5.58. The highest BCUT2D eigenvalue weighted by Crippen LogP contribution is 2.33. The van der Waals surface area contributed by atoms with Crippen molar-refractivity contribution in [2.45, 2.75) is 6.92 Å². The lowest BCUT2D eigenvalue weighted by molar-refractivity contribution is 0.101. The average molecular weight is 370 g/mol. The maximum atomic E-state index is 11.9. The van der Waals surface area contributed by atoms with Crippen molar-refractivity contribution in [3.8, 4) is 10.6 Å². The first kappa shape index (κ1) is 13.5. The third-order valence-corrected chi connectivity index (χ3v) is 4.81. The second kappa shape index (κ2) is 5.47. The van der Waals surface area contributed by atoms with Crippen molar-refractivity contribution in [3.63, 3.8) is 0 Å². The number of aromatic nitrogens is 2. The number of thiazole rings is 1. The molecule has 3 aromatic heterocycles. The first-order valence-corrected chi connectivity index (χ1v) is 8.06. The molecule has 0 radical (unpaired) electrons. The molecule has 1 amide bonds. The van der Waals surface area contributed by atoms with Gasteiger partial charge in [-0.05, 0) is 35.0 Å². The molecule has 0 saturated carbocycles. The number of nitrogens with one attached hydrogen (secondary N) is 1. The molecular weight excluding hydrogens is 362 g/mol. The van der Waals surface area contributed by atoms with Gasteiger partial charge in [0.05, 0.1) is 14.4 Å². The molecule has 3 heterocycles. The summed E-state index contributed by atoms with van der Waals surface area (Å²) in [5, 5.41) is 8.82. The van der Waals surface area contributed by atoms with Crippen LogP contribution in [0.1, 0.15) is 16.2 Å². The molecule has 8 heteroatoms. The number of thiophene rings is 1. The molecule has 20 heavy (non-hydrogen) atoms. The van der Waals surface area contributed by atoms with Crippen molar-refractivity contribution in [2.75, 3.05) is 5.32 Å². The summed E-state index contributed by atoms with van der Waals surface area (Å²) in [6.07, 6.45) is 0. The number of aryl methyl sites for hydroxylation is 1. The fraction of sp³-hybridized carbons (Fsp3) is 0.0833. The minimum Gasteiger partial charge on any atom is -0.361 e. The lowest BCUT2D eigenvalue weighted by Gasteiger charge is -1.96. The summed E-state index contributed by atoms with van der Waals surface area (Å²) < 4.78 is 5.91. The van der Waals surface area contributed by atoms with E-state index in [9.17, 15) is 4.79 Å². The van der Waals surface area contributed by atoms with Crippen LogP contribution in [-0.2, 0) is 0 Å². The summed E-state index contributed by atoms with van der Waals surface area (Å²) in [4.78, 5) is 17.3. The van der Waals surface area contributed by atoms with Gasteiger partial charge in [-0.1, -0.05) is 5.16 Å². The van der Waals surface area contributed by atoms with Crippen LogP contribution in [0.25, 0.3) is 10.6 Å². The number of hydrogen-bond acceptors (Lipinski definition) is 6. The highest BCUT2D eigenvalue weighted by atomic mass is 79.9. The number of halogens is 1. The number of carbonyl (C=O) groups is 1. The van der Waals surface area contributed by atoms with E-state index >= 15 is 0 Å². The zero-order valence-corrected chi connectivity index (χ0v) is 13.4. The Labute approximate surface area is 130 Å². The van der Waals surface area contributed by atoms with Crippen LogP contribution in [0, 0.1) is 6.92 Å². The topological polar surface area (TPSA) is 68.0 Å². The molecule has 0 spiro atoms. The van der Waals surface area contributed by atoms with Crippen molar-refractivity contribution in [1.29, 1.82) is 0 Å². The highest BCUT2D eigenvalue weighted by Gasteiger charge is 2.14. The Hall–Kier alpha value is -1.51. The molecule has 3 aromatic rings. The van der Waals surface area contributed by atoms with Gasteiger partial charge in [-0.3, -0.25) is 10.1 Å². The van der Waals surface area contributed by atoms with E-state index < -0.39 is 0 Å². The van der Waals surface area contributed by atoms with E-state index in [0.29, 0.717) is 10.9 Å². The van der Waals surface area contributed by atoms with Gasteiger partial charge in [0, 0.05) is 11.4 Å². The Morgan fingerprint density at radius 2 is 2.30 bits per heavy atom. The predicted octanol–water partition coefficient (Wildman–Crippen LogP) is 4.18. The normalized spacial score (nSPS) is 10.7. The summed E-state index contributed by atoms with van der Waals surface area (Å²) in [5.74, 6) is 0.272. The summed E-state index contributed by atoms with van der Waals surface area (Å²) in [6.45, 7) is 1.74. The van der Waals surface area contributed by atoms with E-state index in [4.69, 9.17) is 4.52 Å². The van der Waals surface area contributed by atoms with Gasteiger partial charge in [-0.25, -0.2) is 4.98 Å². The molecule has 0 aliphatic rings. The van der Waals surface area contributed by atoms with Crippen molar-refractivity contribution >= 4 is 49.6 Å². The van der Waals surface area contributed by atoms with Crippen molar-refractivity contribution in [2.24, 2.45) is 0 Å². The molecule has 3 rings (SSSR count). The molecule has 0 aromatic carbocycles. The van der Waals surface area contributed by atoms with E-state index in [0.717, 1.165) is 14.4 Å². The first-order chi connectivity index (χ1) is 9.61. The minimum absolute atomic E-state index is 0.248. The second-order valence-electron chi connectivity index (χ2n) is 3.92. The van der Waals surface area contributed by atoms with Crippen molar-refractivity contribution in [1.82, 2.24) is 10.1 Å². The molecule has 0 bridgehead atoms. The monoisotopic (exact) mass is 369 g/mol. The number of rotatable bonds is 3. The number of carbonyl (C=O) groups excluding carboxylic acids is 1. The van der Waals surface area contributed by atoms with E-state index in [1.54, 1.807) is 24.3 Å². The SMILES string of the molecule is Cc1cc(C(=O)Nc2nc(-c3ccc(Br)s3)cs2)no1. The average Bonchev–Trinajstić information content (AvgIpc) is 3.10. The van der Waals surface area contributed by atoms with Crippen LogP contribution >= 0.6 is 38.6 Å². The van der Waals surface area contributed by atoms with Gasteiger partial charge in [0.1, 0.15) is 5.76 Å². The van der Waals surface area contributed by atoms with Gasteiger partial charge in [0.2, 0.25) is 0 Å². The molecular formula is C12H8BrN3O2S2. The van der Waals surface area contributed by atoms with Gasteiger partial charge in [0.25, 0.3) is 5.91 Å². The van der Waals surface area contributed by atoms with Crippen LogP contribution in [0.5, 0.6) is 0 Å². The number of anilines is 1. The van der Waals surface area contributed by atoms with Gasteiger partial charge < -0.3 is 4.52 Å². The Morgan fingerprint density at radius 1 is 1.45 bits per heavy atom. The van der Waals surface area contributed by atoms with Gasteiger partial charge in [-0.2, -0.15) is 0 Å². The maximum Gasteiger partial charge on any atom is 0.279 e. The third-order valence-electron chi connectivity index (χ3n) is 2.41. The quantitative estimate of drug-likeness (QED) is 0.751. The van der Waals surface area contributed by atoms with E-state index in [1.165, 1.54) is 11.3 Å². The maximum absolute atomic E-state index is 11.9. The van der Waals surface area contributed by atoms with Crippen molar-refractivity contribution < 1.29 is 9.32 Å². The summed E-state index contributed by atoms with van der Waals surface area (Å²) in [6, 6.07) is 5.53. The lowest BCUT2D eigenvalue weighted by atomic mass is 10.3. The second-order valence-corrected chi connectivity index (χ2v) is 7.24. The van der Waals surface area contributed by atoms with Gasteiger partial charge in [-0.15, -0.1) is 22.7 Å². The largest absolute Gasteiger partial charge is 0.361 e. The van der Waals surface area contributed by atoms with Crippen LogP contribution in [0.2, 0.25) is 0 Å². The molecule has 0 atom stereocenters. The smallest absolute Gasteiger partial charge is 0.279 e. The Kier molecular flexibility index (Phi) is 3.68. The third kappa shape index (κ3) is 2.82.